The van der Waals surface area contributed by atoms with Crippen molar-refractivity contribution < 1.29 is 0 Å². The summed E-state index contributed by atoms with van der Waals surface area (Å²) in [7, 11) is 0.235. The van der Waals surface area contributed by atoms with Crippen molar-refractivity contribution in [1.82, 2.24) is 0 Å². The zero-order valence-electron chi connectivity index (χ0n) is 8.37. The van der Waals surface area contributed by atoms with E-state index in [-0.39, 0.29) is 9.52 Å². The normalized spacial score (nSPS) is 11.8. The molecule has 0 radical (unpaired) electrons. The Morgan fingerprint density at radius 2 is 1.92 bits per heavy atom. The molecule has 70 valence electrons. The van der Waals surface area contributed by atoms with Crippen molar-refractivity contribution in [3.8, 4) is 0 Å². The summed E-state index contributed by atoms with van der Waals surface area (Å²) < 4.78 is 0. The van der Waals surface area contributed by atoms with Crippen molar-refractivity contribution >= 4 is 9.52 Å². The van der Waals surface area contributed by atoms with Crippen LogP contribution in [0.3, 0.4) is 0 Å². The van der Waals surface area contributed by atoms with E-state index in [0.29, 0.717) is 0 Å². The summed E-state index contributed by atoms with van der Waals surface area (Å²) in [5.41, 5.74) is 1.41. The maximum Gasteiger partial charge on any atom is 0.0237 e. The van der Waals surface area contributed by atoms with Crippen molar-refractivity contribution in [3.63, 3.8) is 0 Å². The Bertz CT molecular complexity index is 239. The maximum atomic E-state index is 2.35. The monoisotopic (exact) mass is 190 g/mol. The van der Waals surface area contributed by atoms with Crippen LogP contribution in [-0.2, 0) is 6.42 Å². The van der Waals surface area contributed by atoms with Crippen molar-refractivity contribution in [2.24, 2.45) is 0 Å². The second-order valence-corrected chi connectivity index (χ2v) is 5.59. The first-order valence-electron chi connectivity index (χ1n) is 5.12. The highest BCUT2D eigenvalue weighted by atomic mass is 28.2. The molecule has 0 amide bonds. The molecule has 0 aliphatic rings. The third-order valence-corrected chi connectivity index (χ3v) is 3.54. The summed E-state index contributed by atoms with van der Waals surface area (Å²) in [6.45, 7) is 2.29. The van der Waals surface area contributed by atoms with E-state index < -0.39 is 0 Å². The average molecular weight is 190 g/mol. The van der Waals surface area contributed by atoms with Crippen LogP contribution in [0.5, 0.6) is 0 Å². The summed E-state index contributed by atoms with van der Waals surface area (Å²) in [5.74, 6) is 0. The van der Waals surface area contributed by atoms with Gasteiger partial charge >= 0.3 is 0 Å². The molecule has 13 heavy (non-hydrogen) atoms. The Balaban J connectivity index is 2.23. The molecule has 0 fully saturated rings. The quantitative estimate of drug-likeness (QED) is 0.380. The van der Waals surface area contributed by atoms with Gasteiger partial charge in [0, 0.05) is 9.52 Å². The predicted molar refractivity (Wildman–Crippen MR) is 63.1 cm³/mol. The highest BCUT2D eigenvalue weighted by Crippen LogP contribution is 2.00. The predicted octanol–water partition coefficient (Wildman–Crippen LogP) is 2.81. The van der Waals surface area contributed by atoms with Crippen LogP contribution in [0.25, 0.3) is 0 Å². The van der Waals surface area contributed by atoms with Crippen LogP contribution in [0.4, 0.5) is 0 Å². The molecule has 0 atom stereocenters. The summed E-state index contributed by atoms with van der Waals surface area (Å²) in [6, 6.07) is 13.4. The topological polar surface area (TPSA) is 0 Å². The zero-order valence-corrected chi connectivity index (χ0v) is 9.78. The summed E-state index contributed by atoms with van der Waals surface area (Å²) in [5, 5.41) is 0. The molecule has 0 bridgehead atoms. The second-order valence-electron chi connectivity index (χ2n) is 3.30. The number of rotatable bonds is 5. The van der Waals surface area contributed by atoms with Gasteiger partial charge in [0.05, 0.1) is 0 Å². The Kier molecular flexibility index (Phi) is 5.26. The van der Waals surface area contributed by atoms with Crippen LogP contribution in [0.15, 0.2) is 42.5 Å². The van der Waals surface area contributed by atoms with Gasteiger partial charge in [0.25, 0.3) is 0 Å². The Morgan fingerprint density at radius 1 is 1.15 bits per heavy atom. The molecular formula is C12H18Si. The highest BCUT2D eigenvalue weighted by molar-refractivity contribution is 6.35. The van der Waals surface area contributed by atoms with Crippen LogP contribution >= 0.6 is 0 Å². The molecule has 0 saturated heterocycles. The van der Waals surface area contributed by atoms with Gasteiger partial charge < -0.3 is 0 Å². The van der Waals surface area contributed by atoms with Crippen LogP contribution in [0.1, 0.15) is 12.5 Å². The summed E-state index contributed by atoms with van der Waals surface area (Å²) in [4.78, 5) is 0. The minimum Gasteiger partial charge on any atom is -0.0914 e. The van der Waals surface area contributed by atoms with Gasteiger partial charge in [-0.05, 0) is 18.0 Å². The van der Waals surface area contributed by atoms with Crippen molar-refractivity contribution in [3.05, 3.63) is 48.0 Å². The molecule has 1 heteroatoms. The molecule has 0 aromatic heterocycles. The van der Waals surface area contributed by atoms with E-state index >= 15 is 0 Å². The first-order chi connectivity index (χ1) is 6.43. The third kappa shape index (κ3) is 4.68. The fraction of sp³-hybridized carbons (Fsp3) is 0.333. The van der Waals surface area contributed by atoms with E-state index in [2.05, 4.69) is 49.4 Å². The van der Waals surface area contributed by atoms with Gasteiger partial charge in [0.1, 0.15) is 0 Å². The smallest absolute Gasteiger partial charge is 0.0237 e. The fourth-order valence-electron chi connectivity index (χ4n) is 1.27. The molecule has 0 N–H and O–H groups in total. The number of benzene rings is 1. The van der Waals surface area contributed by atoms with E-state index in [1.54, 1.807) is 0 Å². The van der Waals surface area contributed by atoms with Gasteiger partial charge in [-0.3, -0.25) is 0 Å². The largest absolute Gasteiger partial charge is 0.0914 e. The van der Waals surface area contributed by atoms with Gasteiger partial charge in [-0.15, -0.1) is 0 Å². The lowest BCUT2D eigenvalue weighted by Crippen LogP contribution is -1.82. The minimum absolute atomic E-state index is 0.235. The third-order valence-electron chi connectivity index (χ3n) is 2.09. The van der Waals surface area contributed by atoms with Crippen LogP contribution < -0.4 is 0 Å². The SMILES string of the molecule is CC[SiH2]CC=CCc1ccccc1. The van der Waals surface area contributed by atoms with Gasteiger partial charge in [-0.1, -0.05) is 55.5 Å². The lowest BCUT2D eigenvalue weighted by Gasteiger charge is -1.93. The number of allylic oxidation sites excluding steroid dienone is 2. The molecule has 0 heterocycles. The number of hydrogen-bond acceptors (Lipinski definition) is 0. The average Bonchev–Trinajstić information content (AvgIpc) is 2.19. The molecule has 1 rings (SSSR count). The molecule has 0 spiro atoms. The van der Waals surface area contributed by atoms with Gasteiger partial charge in [-0.25, -0.2) is 0 Å². The molecular weight excluding hydrogens is 172 g/mol. The minimum atomic E-state index is 0.235. The molecule has 0 saturated carbocycles. The lowest BCUT2D eigenvalue weighted by molar-refractivity contribution is 1.26. The fourth-order valence-corrected chi connectivity index (χ4v) is 2.15. The maximum absolute atomic E-state index is 2.35. The van der Waals surface area contributed by atoms with Gasteiger partial charge in [0.15, 0.2) is 0 Å². The molecule has 0 nitrogen and oxygen atoms in total. The van der Waals surface area contributed by atoms with E-state index in [0.717, 1.165) is 6.42 Å². The van der Waals surface area contributed by atoms with Crippen molar-refractivity contribution in [2.45, 2.75) is 25.4 Å². The molecule has 0 unspecified atom stereocenters. The lowest BCUT2D eigenvalue weighted by atomic mass is 10.1. The Labute approximate surface area is 83.5 Å². The zero-order chi connectivity index (χ0) is 9.36. The highest BCUT2D eigenvalue weighted by Gasteiger charge is 1.85. The first kappa shape index (κ1) is 10.3. The van der Waals surface area contributed by atoms with Crippen LogP contribution in [-0.4, -0.2) is 9.52 Å². The summed E-state index contributed by atoms with van der Waals surface area (Å²) in [6.07, 6.45) is 5.75. The van der Waals surface area contributed by atoms with E-state index in [9.17, 15) is 0 Å². The standard InChI is InChI=1S/C12H18Si/c1-2-13-11-7-6-10-12-8-4-3-5-9-12/h3-9H,2,10-11,13H2,1H3. The van der Waals surface area contributed by atoms with Gasteiger partial charge in [-0.2, -0.15) is 0 Å². The van der Waals surface area contributed by atoms with E-state index in [1.165, 1.54) is 17.7 Å². The Morgan fingerprint density at radius 3 is 2.62 bits per heavy atom. The second kappa shape index (κ2) is 6.67. The van der Waals surface area contributed by atoms with Crippen molar-refractivity contribution in [1.29, 1.82) is 0 Å². The first-order valence-corrected chi connectivity index (χ1v) is 7.12. The molecule has 0 aliphatic heterocycles. The molecule has 1 aromatic carbocycles. The molecule has 0 aliphatic carbocycles. The summed E-state index contributed by atoms with van der Waals surface area (Å²) >= 11 is 0. The van der Waals surface area contributed by atoms with Gasteiger partial charge in [0.2, 0.25) is 0 Å². The van der Waals surface area contributed by atoms with E-state index in [1.807, 2.05) is 0 Å². The van der Waals surface area contributed by atoms with Crippen molar-refractivity contribution in [2.75, 3.05) is 0 Å². The van der Waals surface area contributed by atoms with Crippen LogP contribution in [0.2, 0.25) is 12.1 Å². The van der Waals surface area contributed by atoms with E-state index in [4.69, 9.17) is 0 Å². The van der Waals surface area contributed by atoms with Crippen LogP contribution in [0, 0.1) is 0 Å². The Hall–Kier alpha value is -0.823. The number of hydrogen-bond donors (Lipinski definition) is 0. The molecule has 1 aromatic rings.